The molecule has 0 radical (unpaired) electrons. The summed E-state index contributed by atoms with van der Waals surface area (Å²) in [4.78, 5) is 17.5. The predicted molar refractivity (Wildman–Crippen MR) is 95.3 cm³/mol. The average molecular weight is 391 g/mol. The van der Waals surface area contributed by atoms with Gasteiger partial charge in [0.05, 0.1) is 18.6 Å². The SMILES string of the molecule is COC(=O)C1CCN(/C(=N\O)c2cccnc2Oc2c(F)cccc2F)CC1. The second-order valence-electron chi connectivity index (χ2n) is 6.22. The van der Waals surface area contributed by atoms with Crippen molar-refractivity contribution in [3.8, 4) is 11.6 Å². The number of pyridine rings is 1. The molecule has 9 heteroatoms. The third kappa shape index (κ3) is 4.03. The number of rotatable bonds is 4. The Morgan fingerprint density at radius 1 is 1.21 bits per heavy atom. The number of aromatic nitrogens is 1. The summed E-state index contributed by atoms with van der Waals surface area (Å²) in [5.74, 6) is -2.81. The van der Waals surface area contributed by atoms with Crippen molar-refractivity contribution in [3.63, 3.8) is 0 Å². The van der Waals surface area contributed by atoms with E-state index in [1.807, 2.05) is 0 Å². The smallest absolute Gasteiger partial charge is 0.308 e. The lowest BCUT2D eigenvalue weighted by molar-refractivity contribution is -0.146. The molecule has 3 rings (SSSR count). The van der Waals surface area contributed by atoms with Gasteiger partial charge in [0.2, 0.25) is 11.6 Å². The van der Waals surface area contributed by atoms with Gasteiger partial charge in [-0.3, -0.25) is 4.79 Å². The maximum absolute atomic E-state index is 13.9. The first-order valence-corrected chi connectivity index (χ1v) is 8.67. The van der Waals surface area contributed by atoms with Crippen LogP contribution >= 0.6 is 0 Å². The molecular weight excluding hydrogens is 372 g/mol. The van der Waals surface area contributed by atoms with Crippen molar-refractivity contribution in [1.82, 2.24) is 9.88 Å². The van der Waals surface area contributed by atoms with Crippen LogP contribution in [0.3, 0.4) is 0 Å². The molecule has 0 amide bonds. The number of amidine groups is 1. The number of carbonyl (C=O) groups excluding carboxylic acids is 1. The van der Waals surface area contributed by atoms with E-state index in [0.29, 0.717) is 25.9 Å². The molecule has 7 nitrogen and oxygen atoms in total. The maximum atomic E-state index is 13.9. The van der Waals surface area contributed by atoms with Crippen LogP contribution in [-0.2, 0) is 9.53 Å². The van der Waals surface area contributed by atoms with Crippen molar-refractivity contribution >= 4 is 11.8 Å². The van der Waals surface area contributed by atoms with Crippen LogP contribution < -0.4 is 4.74 Å². The van der Waals surface area contributed by atoms with Crippen molar-refractivity contribution in [2.75, 3.05) is 20.2 Å². The monoisotopic (exact) mass is 391 g/mol. The average Bonchev–Trinajstić information content (AvgIpc) is 2.72. The Morgan fingerprint density at radius 2 is 1.89 bits per heavy atom. The minimum atomic E-state index is -0.877. The molecule has 1 aliphatic rings. The molecule has 28 heavy (non-hydrogen) atoms. The molecule has 1 aliphatic heterocycles. The molecule has 1 aromatic carbocycles. The highest BCUT2D eigenvalue weighted by Gasteiger charge is 2.29. The molecule has 148 valence electrons. The molecule has 1 fully saturated rings. The fourth-order valence-electron chi connectivity index (χ4n) is 3.10. The Kier molecular flexibility index (Phi) is 6.03. The van der Waals surface area contributed by atoms with Gasteiger partial charge in [-0.25, -0.2) is 13.8 Å². The van der Waals surface area contributed by atoms with Crippen molar-refractivity contribution < 1.29 is 28.3 Å². The summed E-state index contributed by atoms with van der Waals surface area (Å²) < 4.78 is 38.0. The highest BCUT2D eigenvalue weighted by atomic mass is 19.1. The molecule has 0 atom stereocenters. The lowest BCUT2D eigenvalue weighted by Crippen LogP contribution is -2.41. The fourth-order valence-corrected chi connectivity index (χ4v) is 3.10. The third-order valence-corrected chi connectivity index (χ3v) is 4.55. The highest BCUT2D eigenvalue weighted by molar-refractivity contribution is 6.00. The number of likely N-dealkylation sites (tertiary alicyclic amines) is 1. The lowest BCUT2D eigenvalue weighted by Gasteiger charge is -2.32. The number of halogens is 2. The molecule has 0 spiro atoms. The van der Waals surface area contributed by atoms with E-state index in [0.717, 1.165) is 12.1 Å². The summed E-state index contributed by atoms with van der Waals surface area (Å²) >= 11 is 0. The molecule has 2 aromatic rings. The first-order chi connectivity index (χ1) is 13.5. The largest absolute Gasteiger partial charge is 0.469 e. The number of methoxy groups -OCH3 is 1. The zero-order valence-electron chi connectivity index (χ0n) is 15.1. The Bertz CT molecular complexity index is 863. The van der Waals surface area contributed by atoms with Crippen molar-refractivity contribution in [3.05, 3.63) is 53.7 Å². The van der Waals surface area contributed by atoms with Gasteiger partial charge in [-0.15, -0.1) is 0 Å². The van der Waals surface area contributed by atoms with Gasteiger partial charge in [-0.1, -0.05) is 11.2 Å². The van der Waals surface area contributed by atoms with Crippen LogP contribution in [0.4, 0.5) is 8.78 Å². The zero-order chi connectivity index (χ0) is 20.1. The number of benzene rings is 1. The lowest BCUT2D eigenvalue weighted by atomic mass is 9.96. The number of ether oxygens (including phenoxy) is 2. The van der Waals surface area contributed by atoms with E-state index in [-0.39, 0.29) is 29.2 Å². The molecule has 0 bridgehead atoms. The van der Waals surface area contributed by atoms with Crippen LogP contribution in [0.2, 0.25) is 0 Å². The van der Waals surface area contributed by atoms with Gasteiger partial charge in [0.15, 0.2) is 17.5 Å². The molecule has 0 aliphatic carbocycles. The van der Waals surface area contributed by atoms with E-state index in [2.05, 4.69) is 10.1 Å². The van der Waals surface area contributed by atoms with E-state index >= 15 is 0 Å². The van der Waals surface area contributed by atoms with Crippen LogP contribution in [0.1, 0.15) is 18.4 Å². The van der Waals surface area contributed by atoms with Crippen molar-refractivity contribution in [2.24, 2.45) is 11.1 Å². The van der Waals surface area contributed by atoms with Gasteiger partial charge < -0.3 is 19.6 Å². The van der Waals surface area contributed by atoms with Gasteiger partial charge in [-0.05, 0) is 37.1 Å². The van der Waals surface area contributed by atoms with Crippen molar-refractivity contribution in [1.29, 1.82) is 0 Å². The Labute approximate surface area is 160 Å². The normalized spacial score (nSPS) is 15.4. The first kappa shape index (κ1) is 19.5. The summed E-state index contributed by atoms with van der Waals surface area (Å²) in [7, 11) is 1.34. The predicted octanol–water partition coefficient (Wildman–Crippen LogP) is 3.17. The molecule has 0 unspecified atom stereocenters. The Hall–Kier alpha value is -3.23. The van der Waals surface area contributed by atoms with Gasteiger partial charge in [0.25, 0.3) is 0 Å². The van der Waals surface area contributed by atoms with E-state index in [4.69, 9.17) is 9.47 Å². The minimum absolute atomic E-state index is 0.102. The summed E-state index contributed by atoms with van der Waals surface area (Å²) in [6.07, 6.45) is 2.43. The number of para-hydroxylation sites is 1. The molecule has 1 saturated heterocycles. The number of carbonyl (C=O) groups is 1. The van der Waals surface area contributed by atoms with Crippen LogP contribution in [-0.4, -0.2) is 47.1 Å². The van der Waals surface area contributed by atoms with Gasteiger partial charge in [0, 0.05) is 19.3 Å². The number of esters is 1. The van der Waals surface area contributed by atoms with E-state index in [1.165, 1.54) is 19.4 Å². The summed E-state index contributed by atoms with van der Waals surface area (Å²) in [6.45, 7) is 0.864. The number of hydrogen-bond acceptors (Lipinski definition) is 6. The number of oxime groups is 1. The number of hydrogen-bond donors (Lipinski definition) is 1. The first-order valence-electron chi connectivity index (χ1n) is 8.67. The molecule has 1 N–H and O–H groups in total. The van der Waals surface area contributed by atoms with E-state index in [1.54, 1.807) is 17.0 Å². The molecule has 2 heterocycles. The van der Waals surface area contributed by atoms with Gasteiger partial charge >= 0.3 is 5.97 Å². The quantitative estimate of drug-likeness (QED) is 0.283. The van der Waals surface area contributed by atoms with E-state index in [9.17, 15) is 18.8 Å². The number of piperidine rings is 1. The fraction of sp³-hybridized carbons (Fsp3) is 0.316. The maximum Gasteiger partial charge on any atom is 0.308 e. The van der Waals surface area contributed by atoms with Crippen LogP contribution in [0, 0.1) is 17.6 Å². The Balaban J connectivity index is 1.84. The zero-order valence-corrected chi connectivity index (χ0v) is 15.1. The summed E-state index contributed by atoms with van der Waals surface area (Å²) in [5.41, 5.74) is 0.268. The van der Waals surface area contributed by atoms with E-state index < -0.39 is 17.4 Å². The number of nitrogens with zero attached hydrogens (tertiary/aromatic N) is 3. The van der Waals surface area contributed by atoms with Crippen molar-refractivity contribution in [2.45, 2.75) is 12.8 Å². The standard InChI is InChI=1S/C19H19F2N3O4/c1-27-19(25)12-7-10-24(11-8-12)17(23-26)13-4-3-9-22-18(13)28-16-14(20)5-2-6-15(16)21/h2-6,9,12,26H,7-8,10-11H2,1H3/b23-17-. The molecule has 0 saturated carbocycles. The van der Waals surface area contributed by atoms with Crippen LogP contribution in [0.15, 0.2) is 41.7 Å². The van der Waals surface area contributed by atoms with Crippen LogP contribution in [0.5, 0.6) is 11.6 Å². The molecule has 1 aromatic heterocycles. The van der Waals surface area contributed by atoms with Gasteiger partial charge in [0.1, 0.15) is 0 Å². The van der Waals surface area contributed by atoms with Gasteiger partial charge in [-0.2, -0.15) is 0 Å². The minimum Gasteiger partial charge on any atom is -0.469 e. The second-order valence-corrected chi connectivity index (χ2v) is 6.22. The highest BCUT2D eigenvalue weighted by Crippen LogP contribution is 2.30. The topological polar surface area (TPSA) is 84.2 Å². The molecular formula is C19H19F2N3O4. The summed E-state index contributed by atoms with van der Waals surface area (Å²) in [5, 5.41) is 12.9. The Morgan fingerprint density at radius 3 is 2.50 bits per heavy atom. The summed E-state index contributed by atoms with van der Waals surface area (Å²) in [6, 6.07) is 6.52. The second kappa shape index (κ2) is 8.64. The third-order valence-electron chi connectivity index (χ3n) is 4.55. The van der Waals surface area contributed by atoms with Crippen LogP contribution in [0.25, 0.3) is 0 Å².